The summed E-state index contributed by atoms with van der Waals surface area (Å²) in [5.74, 6) is 0.497. The van der Waals surface area contributed by atoms with Gasteiger partial charge in [0, 0.05) is 17.1 Å². The average molecular weight is 390 g/mol. The summed E-state index contributed by atoms with van der Waals surface area (Å²) in [5, 5.41) is 14.0. The Morgan fingerprint density at radius 2 is 2.07 bits per heavy atom. The van der Waals surface area contributed by atoms with Crippen molar-refractivity contribution in [2.24, 2.45) is 0 Å². The molecule has 27 heavy (non-hydrogen) atoms. The molecule has 0 aromatic heterocycles. The second kappa shape index (κ2) is 8.37. The van der Waals surface area contributed by atoms with Crippen molar-refractivity contribution in [3.8, 4) is 5.75 Å². The van der Waals surface area contributed by atoms with Crippen molar-refractivity contribution in [3.63, 3.8) is 0 Å². The Morgan fingerprint density at radius 3 is 2.74 bits per heavy atom. The number of carbonyl (C=O) groups excluding carboxylic acids is 1. The maximum atomic E-state index is 12.5. The van der Waals surface area contributed by atoms with E-state index in [1.54, 1.807) is 7.11 Å². The first-order valence-corrected chi connectivity index (χ1v) is 8.97. The summed E-state index contributed by atoms with van der Waals surface area (Å²) in [4.78, 5) is 25.2. The van der Waals surface area contributed by atoms with Crippen LogP contribution >= 0.6 is 11.6 Å². The van der Waals surface area contributed by atoms with Crippen molar-refractivity contribution >= 4 is 28.9 Å². The van der Waals surface area contributed by atoms with E-state index in [9.17, 15) is 14.9 Å². The molecule has 1 N–H and O–H groups in total. The lowest BCUT2D eigenvalue weighted by Crippen LogP contribution is -2.33. The highest BCUT2D eigenvalue weighted by Crippen LogP contribution is 2.33. The predicted molar refractivity (Wildman–Crippen MR) is 103 cm³/mol. The number of carbonyl (C=O) groups is 1. The maximum Gasteiger partial charge on any atom is 0.294 e. The van der Waals surface area contributed by atoms with Crippen LogP contribution in [-0.4, -0.2) is 35.9 Å². The summed E-state index contributed by atoms with van der Waals surface area (Å²) in [6.07, 6.45) is 1.95. The lowest BCUT2D eigenvalue weighted by Gasteiger charge is -2.24. The number of rotatable bonds is 6. The van der Waals surface area contributed by atoms with E-state index in [0.717, 1.165) is 30.7 Å². The normalized spacial score (nSPS) is 16.9. The molecule has 142 valence electrons. The van der Waals surface area contributed by atoms with Crippen LogP contribution < -0.4 is 10.1 Å². The van der Waals surface area contributed by atoms with E-state index in [2.05, 4.69) is 10.2 Å². The lowest BCUT2D eigenvalue weighted by molar-refractivity contribution is -0.383. The van der Waals surface area contributed by atoms with Gasteiger partial charge in [-0.3, -0.25) is 19.8 Å². The summed E-state index contributed by atoms with van der Waals surface area (Å²) in [6, 6.07) is 12.2. The lowest BCUT2D eigenvalue weighted by atomic mass is 10.0. The number of halogens is 1. The van der Waals surface area contributed by atoms with Gasteiger partial charge < -0.3 is 10.1 Å². The van der Waals surface area contributed by atoms with E-state index < -0.39 is 4.92 Å². The second-order valence-corrected chi connectivity index (χ2v) is 6.80. The Morgan fingerprint density at radius 1 is 1.33 bits per heavy atom. The molecule has 2 aromatic carbocycles. The first-order valence-electron chi connectivity index (χ1n) is 8.59. The van der Waals surface area contributed by atoms with Gasteiger partial charge in [0.15, 0.2) is 0 Å². The van der Waals surface area contributed by atoms with Crippen molar-refractivity contribution in [2.75, 3.05) is 25.5 Å². The van der Waals surface area contributed by atoms with E-state index >= 15 is 0 Å². The number of amides is 1. The summed E-state index contributed by atoms with van der Waals surface area (Å²) in [5.41, 5.74) is 1.05. The molecule has 0 saturated carbocycles. The van der Waals surface area contributed by atoms with E-state index in [0.29, 0.717) is 0 Å². The molecule has 1 amide bonds. The van der Waals surface area contributed by atoms with Gasteiger partial charge in [0.05, 0.1) is 18.6 Å². The quantitative estimate of drug-likeness (QED) is 0.595. The highest BCUT2D eigenvalue weighted by Gasteiger charge is 2.28. The number of ether oxygens (including phenoxy) is 1. The highest BCUT2D eigenvalue weighted by molar-refractivity contribution is 6.31. The minimum Gasteiger partial charge on any atom is -0.497 e. The fraction of sp³-hybridized carbons (Fsp3) is 0.316. The minimum absolute atomic E-state index is 0.141. The molecule has 0 aliphatic carbocycles. The van der Waals surface area contributed by atoms with Gasteiger partial charge in [-0.1, -0.05) is 23.7 Å². The largest absolute Gasteiger partial charge is 0.497 e. The number of anilines is 1. The van der Waals surface area contributed by atoms with Crippen molar-refractivity contribution in [2.45, 2.75) is 18.9 Å². The van der Waals surface area contributed by atoms with Crippen LogP contribution in [0.3, 0.4) is 0 Å². The number of hydrogen-bond donors (Lipinski definition) is 1. The van der Waals surface area contributed by atoms with Crippen LogP contribution in [0.1, 0.15) is 24.4 Å². The summed E-state index contributed by atoms with van der Waals surface area (Å²) in [7, 11) is 1.62. The molecule has 0 spiro atoms. The van der Waals surface area contributed by atoms with Crippen LogP contribution in [0.2, 0.25) is 5.02 Å². The van der Waals surface area contributed by atoms with Crippen molar-refractivity contribution in [1.82, 2.24) is 4.90 Å². The molecule has 1 aliphatic heterocycles. The Bertz CT molecular complexity index is 841. The fourth-order valence-corrected chi connectivity index (χ4v) is 3.52. The Kier molecular flexibility index (Phi) is 5.93. The van der Waals surface area contributed by atoms with Crippen LogP contribution in [0.15, 0.2) is 42.5 Å². The minimum atomic E-state index is -0.558. The molecule has 3 rings (SSSR count). The van der Waals surface area contributed by atoms with Gasteiger partial charge in [0.1, 0.15) is 11.4 Å². The molecule has 2 aromatic rings. The molecule has 8 heteroatoms. The second-order valence-electron chi connectivity index (χ2n) is 6.37. The van der Waals surface area contributed by atoms with Crippen molar-refractivity contribution in [3.05, 3.63) is 63.2 Å². The number of nitrogens with one attached hydrogen (secondary N) is 1. The van der Waals surface area contributed by atoms with E-state index in [-0.39, 0.29) is 34.9 Å². The van der Waals surface area contributed by atoms with Crippen molar-refractivity contribution < 1.29 is 14.5 Å². The molecule has 1 aliphatic rings. The molecule has 1 fully saturated rings. The molecule has 0 radical (unpaired) electrons. The average Bonchev–Trinajstić information content (AvgIpc) is 3.11. The summed E-state index contributed by atoms with van der Waals surface area (Å²) >= 11 is 5.81. The van der Waals surface area contributed by atoms with E-state index in [1.807, 2.05) is 24.3 Å². The summed E-state index contributed by atoms with van der Waals surface area (Å²) in [6.45, 7) is 0.962. The molecule has 1 unspecified atom stereocenters. The standard InChI is InChI=1S/C19H20ClN3O4/c1-27-15-7-4-13(5-8-15)17-3-2-10-22(17)12-19(24)21-16-9-6-14(20)11-18(16)23(25)26/h4-9,11,17H,2-3,10,12H2,1H3,(H,21,24). The SMILES string of the molecule is COc1ccc(C2CCCN2CC(=O)Nc2ccc(Cl)cc2[N+](=O)[O-])cc1. The smallest absolute Gasteiger partial charge is 0.294 e. The first kappa shape index (κ1) is 19.1. The number of nitrogens with zero attached hydrogens (tertiary/aromatic N) is 2. The third-order valence-electron chi connectivity index (χ3n) is 4.64. The van der Waals surface area contributed by atoms with E-state index in [1.165, 1.54) is 18.2 Å². The Hall–Kier alpha value is -2.64. The molecular formula is C19H20ClN3O4. The zero-order valence-corrected chi connectivity index (χ0v) is 15.6. The number of benzene rings is 2. The zero-order chi connectivity index (χ0) is 19.4. The number of likely N-dealkylation sites (tertiary alicyclic amines) is 1. The van der Waals surface area contributed by atoms with Gasteiger partial charge in [0.25, 0.3) is 5.69 Å². The maximum absolute atomic E-state index is 12.5. The Balaban J connectivity index is 1.69. The van der Waals surface area contributed by atoms with Crippen molar-refractivity contribution in [1.29, 1.82) is 0 Å². The molecule has 1 saturated heterocycles. The highest BCUT2D eigenvalue weighted by atomic mass is 35.5. The Labute approximate surface area is 162 Å². The van der Waals surface area contributed by atoms with Crippen LogP contribution in [0.5, 0.6) is 5.75 Å². The fourth-order valence-electron chi connectivity index (χ4n) is 3.35. The van der Waals surface area contributed by atoms with Crippen LogP contribution in [0.25, 0.3) is 0 Å². The third kappa shape index (κ3) is 4.56. The van der Waals surface area contributed by atoms with Gasteiger partial charge in [-0.2, -0.15) is 0 Å². The van der Waals surface area contributed by atoms with Gasteiger partial charge in [-0.15, -0.1) is 0 Å². The van der Waals surface area contributed by atoms with Gasteiger partial charge in [0.2, 0.25) is 5.91 Å². The molecule has 0 bridgehead atoms. The third-order valence-corrected chi connectivity index (χ3v) is 4.88. The predicted octanol–water partition coefficient (Wildman–Crippen LogP) is 4.03. The number of nitro groups is 1. The topological polar surface area (TPSA) is 84.7 Å². The van der Waals surface area contributed by atoms with Crippen LogP contribution in [-0.2, 0) is 4.79 Å². The number of methoxy groups -OCH3 is 1. The van der Waals surface area contributed by atoms with Gasteiger partial charge >= 0.3 is 0 Å². The van der Waals surface area contributed by atoms with Gasteiger partial charge in [-0.05, 0) is 49.2 Å². The first-order chi connectivity index (χ1) is 13.0. The van der Waals surface area contributed by atoms with Crippen LogP contribution in [0.4, 0.5) is 11.4 Å². The molecule has 7 nitrogen and oxygen atoms in total. The van der Waals surface area contributed by atoms with Crippen LogP contribution in [0, 0.1) is 10.1 Å². The number of nitro benzene ring substituents is 1. The summed E-state index contributed by atoms with van der Waals surface area (Å²) < 4.78 is 5.19. The zero-order valence-electron chi connectivity index (χ0n) is 14.9. The molecule has 1 atom stereocenters. The monoisotopic (exact) mass is 389 g/mol. The van der Waals surface area contributed by atoms with Gasteiger partial charge in [-0.25, -0.2) is 0 Å². The molecule has 1 heterocycles. The number of hydrogen-bond acceptors (Lipinski definition) is 5. The van der Waals surface area contributed by atoms with E-state index in [4.69, 9.17) is 16.3 Å². The molecular weight excluding hydrogens is 370 g/mol.